The topological polar surface area (TPSA) is 15.6 Å². The second kappa shape index (κ2) is 9.83. The number of nitrogens with zero attached hydrogens (tertiary/aromatic N) is 2. The highest BCUT2D eigenvalue weighted by Crippen LogP contribution is 2.16. The number of hydrogen-bond donors (Lipinski definition) is 0. The van der Waals surface area contributed by atoms with Crippen molar-refractivity contribution >= 4 is 11.5 Å². The van der Waals surface area contributed by atoms with Gasteiger partial charge in [-0.25, -0.2) is 4.99 Å². The molecule has 2 aromatic carbocycles. The lowest BCUT2D eigenvalue weighted by Gasteiger charge is -2.26. The Kier molecular flexibility index (Phi) is 7.38. The van der Waals surface area contributed by atoms with E-state index in [-0.39, 0.29) is 0 Å². The minimum atomic E-state index is 1.02. The van der Waals surface area contributed by atoms with E-state index in [2.05, 4.69) is 61.2 Å². The van der Waals surface area contributed by atoms with E-state index in [0.29, 0.717) is 0 Å². The SMILES string of the molecule is CCCCN(CCCC)C(=Nc1ccccc1)c1ccccc1. The first-order chi connectivity index (χ1) is 11.3. The molecule has 0 saturated heterocycles. The Balaban J connectivity index is 2.35. The van der Waals surface area contributed by atoms with Gasteiger partial charge in [-0.1, -0.05) is 75.2 Å². The van der Waals surface area contributed by atoms with Crippen LogP contribution in [-0.4, -0.2) is 23.8 Å². The van der Waals surface area contributed by atoms with Crippen molar-refractivity contribution in [1.82, 2.24) is 4.90 Å². The van der Waals surface area contributed by atoms with E-state index >= 15 is 0 Å². The Morgan fingerprint density at radius 2 is 1.30 bits per heavy atom. The minimum absolute atomic E-state index is 1.02. The van der Waals surface area contributed by atoms with E-state index in [1.54, 1.807) is 0 Å². The molecule has 0 aliphatic carbocycles. The van der Waals surface area contributed by atoms with E-state index in [1.807, 2.05) is 18.2 Å². The molecule has 0 radical (unpaired) electrons. The van der Waals surface area contributed by atoms with Gasteiger partial charge in [0.2, 0.25) is 0 Å². The van der Waals surface area contributed by atoms with E-state index in [9.17, 15) is 0 Å². The molecule has 0 aliphatic rings. The Bertz CT molecular complexity index is 567. The van der Waals surface area contributed by atoms with Crippen molar-refractivity contribution in [2.75, 3.05) is 13.1 Å². The van der Waals surface area contributed by atoms with E-state index in [1.165, 1.54) is 31.2 Å². The molecule has 2 nitrogen and oxygen atoms in total. The maximum absolute atomic E-state index is 4.98. The molecule has 0 N–H and O–H groups in total. The van der Waals surface area contributed by atoms with E-state index in [4.69, 9.17) is 4.99 Å². The number of hydrogen-bond acceptors (Lipinski definition) is 1. The number of para-hydroxylation sites is 1. The van der Waals surface area contributed by atoms with Gasteiger partial charge in [0.05, 0.1) is 5.69 Å². The lowest BCUT2D eigenvalue weighted by molar-refractivity contribution is 0.399. The molecular weight excluding hydrogens is 280 g/mol. The Morgan fingerprint density at radius 3 is 1.83 bits per heavy atom. The Morgan fingerprint density at radius 1 is 0.783 bits per heavy atom. The van der Waals surface area contributed by atoms with Gasteiger partial charge in [0, 0.05) is 18.7 Å². The van der Waals surface area contributed by atoms with Crippen LogP contribution in [-0.2, 0) is 0 Å². The van der Waals surface area contributed by atoms with Gasteiger partial charge in [-0.05, 0) is 25.0 Å². The number of rotatable bonds is 8. The zero-order valence-corrected chi connectivity index (χ0v) is 14.4. The van der Waals surface area contributed by atoms with Gasteiger partial charge in [0.1, 0.15) is 5.84 Å². The van der Waals surface area contributed by atoms with Crippen LogP contribution in [0.2, 0.25) is 0 Å². The smallest absolute Gasteiger partial charge is 0.136 e. The summed E-state index contributed by atoms with van der Waals surface area (Å²) in [6.45, 7) is 6.62. The average Bonchev–Trinajstić information content (AvgIpc) is 2.62. The lowest BCUT2D eigenvalue weighted by Crippen LogP contribution is -2.33. The van der Waals surface area contributed by atoms with Crippen molar-refractivity contribution in [3.8, 4) is 0 Å². The molecule has 122 valence electrons. The summed E-state index contributed by atoms with van der Waals surface area (Å²) in [6.07, 6.45) is 4.81. The second-order valence-electron chi connectivity index (χ2n) is 5.83. The third kappa shape index (κ3) is 5.55. The average molecular weight is 308 g/mol. The summed E-state index contributed by atoms with van der Waals surface area (Å²) in [5.74, 6) is 1.10. The molecule has 0 atom stereocenters. The molecule has 0 heterocycles. The van der Waals surface area contributed by atoms with Crippen molar-refractivity contribution in [3.05, 3.63) is 66.2 Å². The van der Waals surface area contributed by atoms with Crippen LogP contribution in [0.1, 0.15) is 45.1 Å². The predicted octanol–water partition coefficient (Wildman–Crippen LogP) is 5.67. The van der Waals surface area contributed by atoms with Gasteiger partial charge in [-0.2, -0.15) is 0 Å². The Hall–Kier alpha value is -2.09. The van der Waals surface area contributed by atoms with Gasteiger partial charge >= 0.3 is 0 Å². The summed E-state index contributed by atoms with van der Waals surface area (Å²) in [5, 5.41) is 0. The highest BCUT2D eigenvalue weighted by molar-refractivity contribution is 6.00. The monoisotopic (exact) mass is 308 g/mol. The normalized spacial score (nSPS) is 11.5. The molecule has 0 spiro atoms. The van der Waals surface area contributed by atoms with Crippen LogP contribution in [0.25, 0.3) is 0 Å². The van der Waals surface area contributed by atoms with Crippen molar-refractivity contribution in [3.63, 3.8) is 0 Å². The summed E-state index contributed by atoms with van der Waals surface area (Å²) < 4.78 is 0. The predicted molar refractivity (Wildman–Crippen MR) is 100 cm³/mol. The van der Waals surface area contributed by atoms with Crippen LogP contribution in [0.3, 0.4) is 0 Å². The number of aliphatic imine (C=N–C) groups is 1. The molecule has 0 bridgehead atoms. The molecule has 2 rings (SSSR count). The fourth-order valence-corrected chi connectivity index (χ4v) is 2.55. The van der Waals surface area contributed by atoms with Crippen molar-refractivity contribution in [2.24, 2.45) is 4.99 Å². The van der Waals surface area contributed by atoms with Crippen LogP contribution in [0.15, 0.2) is 65.7 Å². The summed E-state index contributed by atoms with van der Waals surface area (Å²) in [5.41, 5.74) is 2.22. The highest BCUT2D eigenvalue weighted by atomic mass is 15.2. The quantitative estimate of drug-likeness (QED) is 0.453. The van der Waals surface area contributed by atoms with Crippen molar-refractivity contribution in [1.29, 1.82) is 0 Å². The van der Waals surface area contributed by atoms with Gasteiger partial charge in [0.15, 0.2) is 0 Å². The second-order valence-corrected chi connectivity index (χ2v) is 5.83. The fraction of sp³-hybridized carbons (Fsp3) is 0.381. The maximum Gasteiger partial charge on any atom is 0.136 e. The minimum Gasteiger partial charge on any atom is -0.356 e. The lowest BCUT2D eigenvalue weighted by atomic mass is 10.1. The molecule has 2 heteroatoms. The highest BCUT2D eigenvalue weighted by Gasteiger charge is 2.13. The summed E-state index contributed by atoms with van der Waals surface area (Å²) in [7, 11) is 0. The maximum atomic E-state index is 4.98. The molecular formula is C21H28N2. The molecule has 0 saturated carbocycles. The molecule has 0 amide bonds. The van der Waals surface area contributed by atoms with Gasteiger partial charge < -0.3 is 4.90 Å². The number of amidine groups is 1. The van der Waals surface area contributed by atoms with E-state index in [0.717, 1.165) is 24.6 Å². The molecule has 0 aliphatic heterocycles. The molecule has 23 heavy (non-hydrogen) atoms. The summed E-state index contributed by atoms with van der Waals surface area (Å²) in [6, 6.07) is 20.8. The first-order valence-electron chi connectivity index (χ1n) is 8.79. The Labute approximate surface area is 140 Å². The zero-order chi connectivity index (χ0) is 16.3. The van der Waals surface area contributed by atoms with Crippen LogP contribution >= 0.6 is 0 Å². The number of unbranched alkanes of at least 4 members (excludes halogenated alkanes) is 2. The molecule has 0 unspecified atom stereocenters. The van der Waals surface area contributed by atoms with Crippen LogP contribution in [0.5, 0.6) is 0 Å². The molecule has 2 aromatic rings. The first kappa shape index (κ1) is 17.3. The molecule has 0 fully saturated rings. The third-order valence-electron chi connectivity index (χ3n) is 3.89. The third-order valence-corrected chi connectivity index (χ3v) is 3.89. The molecule has 0 aromatic heterocycles. The first-order valence-corrected chi connectivity index (χ1v) is 8.79. The van der Waals surface area contributed by atoms with Crippen LogP contribution in [0, 0.1) is 0 Å². The van der Waals surface area contributed by atoms with Crippen molar-refractivity contribution < 1.29 is 0 Å². The summed E-state index contributed by atoms with van der Waals surface area (Å²) in [4.78, 5) is 7.43. The largest absolute Gasteiger partial charge is 0.356 e. The van der Waals surface area contributed by atoms with Crippen LogP contribution < -0.4 is 0 Å². The van der Waals surface area contributed by atoms with Gasteiger partial charge in [-0.15, -0.1) is 0 Å². The standard InChI is InChI=1S/C21H28N2/c1-3-5-17-23(18-6-4-2)21(19-13-9-7-10-14-19)22-20-15-11-8-12-16-20/h7-16H,3-6,17-18H2,1-2H3. The van der Waals surface area contributed by atoms with Crippen LogP contribution in [0.4, 0.5) is 5.69 Å². The summed E-state index contributed by atoms with van der Waals surface area (Å²) >= 11 is 0. The number of benzene rings is 2. The fourth-order valence-electron chi connectivity index (χ4n) is 2.55. The van der Waals surface area contributed by atoms with Crippen molar-refractivity contribution in [2.45, 2.75) is 39.5 Å². The van der Waals surface area contributed by atoms with Gasteiger partial charge in [-0.3, -0.25) is 0 Å². The van der Waals surface area contributed by atoms with Gasteiger partial charge in [0.25, 0.3) is 0 Å². The van der Waals surface area contributed by atoms with E-state index < -0.39 is 0 Å². The zero-order valence-electron chi connectivity index (χ0n) is 14.4.